The Morgan fingerprint density at radius 1 is 0.947 bits per heavy atom. The molecule has 6 rings (SSSR count). The molecule has 8 heteroatoms. The number of fused-ring (bicyclic) bond motifs is 2. The largest absolute Gasteiger partial charge is 0.361 e. The third kappa shape index (κ3) is 6.85. The Labute approximate surface area is 248 Å². The number of aromatic amines is 1. The van der Waals surface area contributed by atoms with Gasteiger partial charge in [-0.05, 0) is 61.0 Å². The number of likely N-dealkylation sites (N-methyl/N-ethyl adjacent to an activating group) is 1. The molecule has 2 aromatic heterocycles. The van der Waals surface area contributed by atoms with E-state index < -0.39 is 0 Å². The summed E-state index contributed by atoms with van der Waals surface area (Å²) in [7, 11) is 0. The summed E-state index contributed by atoms with van der Waals surface area (Å²) in [6.45, 7) is 7.91. The van der Waals surface area contributed by atoms with Crippen molar-refractivity contribution in [2.75, 3.05) is 32.7 Å². The van der Waals surface area contributed by atoms with Gasteiger partial charge in [-0.3, -0.25) is 4.79 Å². The molecule has 1 N–H and O–H groups in total. The van der Waals surface area contributed by atoms with Gasteiger partial charge in [0.15, 0.2) is 0 Å². The summed E-state index contributed by atoms with van der Waals surface area (Å²) >= 11 is 7.01. The maximum Gasteiger partial charge on any atom is 0.256 e. The quantitative estimate of drug-likeness (QED) is 0.240. The molecule has 0 unspecified atom stereocenters. The van der Waals surface area contributed by atoms with Gasteiger partial charge in [-0.1, -0.05) is 70.2 Å². The van der Waals surface area contributed by atoms with Crippen LogP contribution in [-0.2, 0) is 6.54 Å². The van der Waals surface area contributed by atoms with Crippen LogP contribution in [0.3, 0.4) is 0 Å². The number of piperazine rings is 1. The molecule has 1 saturated heterocycles. The SMILES string of the molecule is Brc1ccc2cc[nH]c2c1.CCN1CCN(C(=O)c2cn(CC3CCCCC3)c3cc(Br)ccc23)CC1.Cl. The van der Waals surface area contributed by atoms with E-state index in [1.54, 1.807) is 0 Å². The summed E-state index contributed by atoms with van der Waals surface area (Å²) in [5.41, 5.74) is 3.23. The predicted octanol–water partition coefficient (Wildman–Crippen LogP) is 8.11. The second-order valence-corrected chi connectivity index (χ2v) is 12.1. The molecule has 1 amide bonds. The highest BCUT2D eigenvalue weighted by atomic mass is 79.9. The zero-order chi connectivity index (χ0) is 25.8. The normalized spacial score (nSPS) is 16.8. The van der Waals surface area contributed by atoms with Crippen LogP contribution in [-0.4, -0.2) is 58.0 Å². The average Bonchev–Trinajstić information content (AvgIpc) is 3.53. The average molecular weight is 665 g/mol. The number of carbonyl (C=O) groups is 1. The Morgan fingerprint density at radius 3 is 2.39 bits per heavy atom. The molecule has 0 bridgehead atoms. The molecule has 2 aliphatic rings. The molecule has 204 valence electrons. The monoisotopic (exact) mass is 662 g/mol. The fraction of sp³-hybridized carbons (Fsp3) is 0.433. The Bertz CT molecular complexity index is 1350. The number of hydrogen-bond acceptors (Lipinski definition) is 2. The molecule has 3 heterocycles. The van der Waals surface area contributed by atoms with Gasteiger partial charge in [0.2, 0.25) is 0 Å². The number of nitrogens with zero attached hydrogens (tertiary/aromatic N) is 3. The van der Waals surface area contributed by atoms with Crippen molar-refractivity contribution in [1.82, 2.24) is 19.4 Å². The molecule has 0 radical (unpaired) electrons. The lowest BCUT2D eigenvalue weighted by Gasteiger charge is -2.34. The Morgan fingerprint density at radius 2 is 1.66 bits per heavy atom. The van der Waals surface area contributed by atoms with Gasteiger partial charge in [-0.25, -0.2) is 0 Å². The van der Waals surface area contributed by atoms with E-state index in [1.165, 1.54) is 48.5 Å². The molecule has 1 aliphatic carbocycles. The van der Waals surface area contributed by atoms with E-state index in [4.69, 9.17) is 0 Å². The maximum atomic E-state index is 13.3. The summed E-state index contributed by atoms with van der Waals surface area (Å²) in [5, 5.41) is 2.35. The first-order valence-electron chi connectivity index (χ1n) is 13.5. The van der Waals surface area contributed by atoms with Crippen LogP contribution in [0, 0.1) is 5.92 Å². The lowest BCUT2D eigenvalue weighted by molar-refractivity contribution is 0.0645. The minimum Gasteiger partial charge on any atom is -0.361 e. The highest BCUT2D eigenvalue weighted by Crippen LogP contribution is 2.30. The second kappa shape index (κ2) is 13.5. The zero-order valence-electron chi connectivity index (χ0n) is 22.0. The molecule has 0 spiro atoms. The first-order chi connectivity index (χ1) is 18.0. The van der Waals surface area contributed by atoms with Crippen LogP contribution in [0.15, 0.2) is 63.8 Å². The van der Waals surface area contributed by atoms with E-state index in [9.17, 15) is 4.79 Å². The number of nitrogens with one attached hydrogen (secondary N) is 1. The van der Waals surface area contributed by atoms with Crippen molar-refractivity contribution in [3.8, 4) is 0 Å². The Kier molecular flexibility index (Phi) is 10.4. The van der Waals surface area contributed by atoms with Crippen LogP contribution in [0.4, 0.5) is 0 Å². The van der Waals surface area contributed by atoms with E-state index >= 15 is 0 Å². The van der Waals surface area contributed by atoms with Gasteiger partial charge in [0.1, 0.15) is 0 Å². The van der Waals surface area contributed by atoms with Crippen LogP contribution in [0.25, 0.3) is 21.8 Å². The minimum atomic E-state index is 0. The second-order valence-electron chi connectivity index (χ2n) is 10.3. The van der Waals surface area contributed by atoms with Crippen molar-refractivity contribution in [2.24, 2.45) is 5.92 Å². The van der Waals surface area contributed by atoms with Gasteiger partial charge in [0.05, 0.1) is 5.56 Å². The van der Waals surface area contributed by atoms with Crippen LogP contribution in [0.1, 0.15) is 49.4 Å². The highest BCUT2D eigenvalue weighted by Gasteiger charge is 2.25. The summed E-state index contributed by atoms with van der Waals surface area (Å²) in [6, 6.07) is 14.6. The molecular formula is C30H37Br2ClN4O. The standard InChI is InChI=1S/C22H30BrN3O.C8H6BrN.ClH/c1-2-24-10-12-25(13-11-24)22(27)20-16-26(15-17-6-4-3-5-7-17)21-14-18(23)8-9-19(20)21;9-7-2-1-6-3-4-10-8(6)5-7;/h8-9,14,16-17H,2-7,10-13,15H2,1H3;1-5,10H;1H. The first-order valence-corrected chi connectivity index (χ1v) is 15.1. The Balaban J connectivity index is 0.000000256. The van der Waals surface area contributed by atoms with Crippen molar-refractivity contribution < 1.29 is 4.79 Å². The third-order valence-corrected chi connectivity index (χ3v) is 8.86. The van der Waals surface area contributed by atoms with E-state index in [-0.39, 0.29) is 18.3 Å². The molecular weight excluding hydrogens is 628 g/mol. The third-order valence-electron chi connectivity index (χ3n) is 7.88. The number of hydrogen-bond donors (Lipinski definition) is 1. The fourth-order valence-corrected chi connectivity index (χ4v) is 6.40. The molecule has 2 fully saturated rings. The van der Waals surface area contributed by atoms with Crippen molar-refractivity contribution in [3.05, 3.63) is 69.4 Å². The summed E-state index contributed by atoms with van der Waals surface area (Å²) in [4.78, 5) is 20.9. The van der Waals surface area contributed by atoms with E-state index in [1.807, 2.05) is 17.2 Å². The van der Waals surface area contributed by atoms with Gasteiger partial charge in [0.25, 0.3) is 5.91 Å². The molecule has 2 aromatic carbocycles. The number of benzene rings is 2. The van der Waals surface area contributed by atoms with Gasteiger partial charge in [-0.15, -0.1) is 12.4 Å². The number of carbonyl (C=O) groups excluding carboxylic acids is 1. The van der Waals surface area contributed by atoms with Gasteiger partial charge in [0, 0.05) is 70.5 Å². The molecule has 38 heavy (non-hydrogen) atoms. The van der Waals surface area contributed by atoms with E-state index in [0.717, 1.165) is 65.1 Å². The first kappa shape index (κ1) is 29.2. The number of rotatable bonds is 4. The van der Waals surface area contributed by atoms with Crippen LogP contribution in [0.2, 0.25) is 0 Å². The smallest absolute Gasteiger partial charge is 0.256 e. The van der Waals surface area contributed by atoms with Crippen molar-refractivity contribution in [1.29, 1.82) is 0 Å². The summed E-state index contributed by atoms with van der Waals surface area (Å²) < 4.78 is 4.53. The molecule has 1 aliphatic heterocycles. The number of H-pyrrole nitrogens is 1. The summed E-state index contributed by atoms with van der Waals surface area (Å²) in [6.07, 6.45) is 10.8. The highest BCUT2D eigenvalue weighted by molar-refractivity contribution is 9.10. The molecule has 5 nitrogen and oxygen atoms in total. The van der Waals surface area contributed by atoms with Crippen LogP contribution >= 0.6 is 44.3 Å². The minimum absolute atomic E-state index is 0. The Hall–Kier alpha value is -1.80. The number of aromatic nitrogens is 2. The lowest BCUT2D eigenvalue weighted by Crippen LogP contribution is -2.48. The number of amides is 1. The van der Waals surface area contributed by atoms with Gasteiger partial charge >= 0.3 is 0 Å². The van der Waals surface area contributed by atoms with Crippen molar-refractivity contribution in [2.45, 2.75) is 45.6 Å². The maximum absolute atomic E-state index is 13.3. The topological polar surface area (TPSA) is 44.3 Å². The molecule has 1 saturated carbocycles. The van der Waals surface area contributed by atoms with Gasteiger partial charge < -0.3 is 19.4 Å². The van der Waals surface area contributed by atoms with Gasteiger partial charge in [-0.2, -0.15) is 0 Å². The summed E-state index contributed by atoms with van der Waals surface area (Å²) in [5.74, 6) is 0.935. The van der Waals surface area contributed by atoms with Crippen molar-refractivity contribution in [3.63, 3.8) is 0 Å². The van der Waals surface area contributed by atoms with Crippen LogP contribution in [0.5, 0.6) is 0 Å². The fourth-order valence-electron chi connectivity index (χ4n) is 5.69. The van der Waals surface area contributed by atoms with Crippen LogP contribution < -0.4 is 0 Å². The molecule has 0 atom stereocenters. The molecule has 4 aromatic rings. The zero-order valence-corrected chi connectivity index (χ0v) is 26.0. The van der Waals surface area contributed by atoms with E-state index in [0.29, 0.717) is 0 Å². The lowest BCUT2D eigenvalue weighted by atomic mass is 9.89. The number of halogens is 3. The van der Waals surface area contributed by atoms with Crippen molar-refractivity contribution >= 4 is 72.0 Å². The predicted molar refractivity (Wildman–Crippen MR) is 167 cm³/mol. The van der Waals surface area contributed by atoms with E-state index in [2.05, 4.69) is 95.8 Å².